The Bertz CT molecular complexity index is 1630. The summed E-state index contributed by atoms with van der Waals surface area (Å²) in [4.78, 5) is 15.2. The molecule has 0 saturated heterocycles. The molecule has 0 amide bonds. The second-order valence-electron chi connectivity index (χ2n) is 9.08. The van der Waals surface area contributed by atoms with E-state index in [0.717, 1.165) is 39.3 Å². The number of aryl methyl sites for hydroxylation is 1. The Kier molecular flexibility index (Phi) is 6.07. The van der Waals surface area contributed by atoms with Crippen LogP contribution in [0.2, 0.25) is 5.02 Å². The maximum Gasteiger partial charge on any atom is 0.340 e. The number of hydrogen-bond acceptors (Lipinski definition) is 5. The van der Waals surface area contributed by atoms with Crippen molar-refractivity contribution < 1.29 is 13.9 Å². The summed E-state index contributed by atoms with van der Waals surface area (Å²) in [7, 11) is 0. The minimum Gasteiger partial charge on any atom is -0.471 e. The van der Waals surface area contributed by atoms with Gasteiger partial charge in [0.2, 0.25) is 0 Å². The summed E-state index contributed by atoms with van der Waals surface area (Å²) in [5, 5.41) is 1.34. The van der Waals surface area contributed by atoms with E-state index in [1.165, 1.54) is 0 Å². The Labute approximate surface area is 219 Å². The Morgan fingerprint density at radius 2 is 1.59 bits per heavy atom. The molecule has 4 aromatic carbocycles. The zero-order valence-electron chi connectivity index (χ0n) is 20.2. The lowest BCUT2D eigenvalue weighted by atomic mass is 9.97. The van der Waals surface area contributed by atoms with E-state index < -0.39 is 0 Å². The first-order chi connectivity index (χ1) is 18.1. The molecule has 0 atom stereocenters. The minimum atomic E-state index is -0.335. The molecule has 0 aliphatic carbocycles. The summed E-state index contributed by atoms with van der Waals surface area (Å²) in [6, 6.07) is 29.2. The van der Waals surface area contributed by atoms with E-state index in [2.05, 4.69) is 4.90 Å². The molecule has 0 fully saturated rings. The maximum absolute atomic E-state index is 13.1. The van der Waals surface area contributed by atoms with Crippen LogP contribution in [-0.4, -0.2) is 6.73 Å². The van der Waals surface area contributed by atoms with Crippen LogP contribution in [0.3, 0.4) is 0 Å². The number of fused-ring (bicyclic) bond motifs is 3. The smallest absolute Gasteiger partial charge is 0.340 e. The molecule has 6 rings (SSSR count). The molecule has 0 unspecified atom stereocenters. The first-order valence-electron chi connectivity index (χ1n) is 12.1. The van der Waals surface area contributed by atoms with Crippen LogP contribution >= 0.6 is 11.6 Å². The van der Waals surface area contributed by atoms with Crippen molar-refractivity contribution in [2.45, 2.75) is 19.9 Å². The second-order valence-corrected chi connectivity index (χ2v) is 9.49. The van der Waals surface area contributed by atoms with E-state index in [1.807, 2.05) is 97.9 Å². The molecular weight excluding hydrogens is 486 g/mol. The van der Waals surface area contributed by atoms with Crippen molar-refractivity contribution in [3.63, 3.8) is 0 Å². The van der Waals surface area contributed by atoms with E-state index in [-0.39, 0.29) is 5.63 Å². The van der Waals surface area contributed by atoms with E-state index in [1.54, 1.807) is 0 Å². The molecule has 5 aromatic rings. The van der Waals surface area contributed by atoms with Crippen molar-refractivity contribution >= 4 is 28.3 Å². The molecular formula is C31H24ClNO4. The van der Waals surface area contributed by atoms with Gasteiger partial charge in [-0.1, -0.05) is 60.1 Å². The Hall–Kier alpha value is -4.22. The molecule has 37 heavy (non-hydrogen) atoms. The fourth-order valence-electron chi connectivity index (χ4n) is 4.73. The third-order valence-electron chi connectivity index (χ3n) is 6.70. The SMILES string of the molecule is Cc1c(Cc2ccccc2)c(=O)oc2c3c(c(Cl)cc12)OCN(c1ccc(Oc2ccccc2)cc1)C3. The maximum atomic E-state index is 13.1. The standard InChI is InChI=1S/C31H24ClNO4/c1-20-25-17-28(32)30-27(29(25)37-31(34)26(20)16-21-8-4-2-5-9-21)18-33(19-35-30)22-12-14-24(15-13-22)36-23-10-6-3-7-11-23/h2-15,17H,16,18-19H2,1H3. The summed E-state index contributed by atoms with van der Waals surface area (Å²) in [5.41, 5.74) is 4.47. The van der Waals surface area contributed by atoms with Crippen LogP contribution < -0.4 is 20.0 Å². The van der Waals surface area contributed by atoms with Gasteiger partial charge < -0.3 is 18.8 Å². The summed E-state index contributed by atoms with van der Waals surface area (Å²) in [6.07, 6.45) is 0.500. The summed E-state index contributed by atoms with van der Waals surface area (Å²) < 4.78 is 17.9. The minimum absolute atomic E-state index is 0.326. The average Bonchev–Trinajstić information content (AvgIpc) is 2.93. The van der Waals surface area contributed by atoms with Crippen LogP contribution in [0, 0.1) is 6.92 Å². The highest BCUT2D eigenvalue weighted by Gasteiger charge is 2.26. The predicted octanol–water partition coefficient (Wildman–Crippen LogP) is 7.49. The monoisotopic (exact) mass is 509 g/mol. The highest BCUT2D eigenvalue weighted by Crippen LogP contribution is 2.41. The van der Waals surface area contributed by atoms with Gasteiger partial charge in [-0.05, 0) is 60.5 Å². The predicted molar refractivity (Wildman–Crippen MR) is 146 cm³/mol. The van der Waals surface area contributed by atoms with Crippen LogP contribution in [0.4, 0.5) is 5.69 Å². The van der Waals surface area contributed by atoms with Crippen LogP contribution in [0.15, 0.2) is 100 Å². The molecule has 6 heteroatoms. The van der Waals surface area contributed by atoms with Gasteiger partial charge in [-0.15, -0.1) is 0 Å². The molecule has 0 radical (unpaired) electrons. The van der Waals surface area contributed by atoms with Crippen molar-refractivity contribution in [3.8, 4) is 17.2 Å². The quantitative estimate of drug-likeness (QED) is 0.230. The second kappa shape index (κ2) is 9.68. The lowest BCUT2D eigenvalue weighted by Crippen LogP contribution is -2.32. The van der Waals surface area contributed by atoms with E-state index in [4.69, 9.17) is 25.5 Å². The molecule has 0 N–H and O–H groups in total. The van der Waals surface area contributed by atoms with Crippen molar-refractivity contribution in [3.05, 3.63) is 129 Å². The van der Waals surface area contributed by atoms with Gasteiger partial charge in [0.15, 0.2) is 6.73 Å². The van der Waals surface area contributed by atoms with Crippen LogP contribution in [0.25, 0.3) is 11.0 Å². The fraction of sp³-hybridized carbons (Fsp3) is 0.129. The van der Waals surface area contributed by atoms with Gasteiger partial charge in [0.1, 0.15) is 22.8 Å². The molecule has 1 aromatic heterocycles. The lowest BCUT2D eigenvalue weighted by molar-refractivity contribution is 0.289. The van der Waals surface area contributed by atoms with E-state index in [9.17, 15) is 4.79 Å². The fourth-order valence-corrected chi connectivity index (χ4v) is 5.01. The summed E-state index contributed by atoms with van der Waals surface area (Å²) >= 11 is 6.66. The van der Waals surface area contributed by atoms with Crippen molar-refractivity contribution in [1.82, 2.24) is 0 Å². The van der Waals surface area contributed by atoms with Crippen LogP contribution in [0.1, 0.15) is 22.3 Å². The summed E-state index contributed by atoms with van der Waals surface area (Å²) in [5.74, 6) is 2.09. The van der Waals surface area contributed by atoms with Gasteiger partial charge in [-0.3, -0.25) is 0 Å². The van der Waals surface area contributed by atoms with E-state index in [0.29, 0.717) is 41.6 Å². The third-order valence-corrected chi connectivity index (χ3v) is 6.98. The average molecular weight is 510 g/mol. The molecule has 0 bridgehead atoms. The number of nitrogens with zero attached hydrogens (tertiary/aromatic N) is 1. The Balaban J connectivity index is 1.32. The van der Waals surface area contributed by atoms with Crippen molar-refractivity contribution in [1.29, 1.82) is 0 Å². The number of halogens is 1. The number of rotatable bonds is 5. The zero-order valence-corrected chi connectivity index (χ0v) is 21.0. The molecule has 184 valence electrons. The lowest BCUT2D eigenvalue weighted by Gasteiger charge is -2.31. The Morgan fingerprint density at radius 3 is 2.32 bits per heavy atom. The highest BCUT2D eigenvalue weighted by molar-refractivity contribution is 6.33. The topological polar surface area (TPSA) is 51.9 Å². The van der Waals surface area contributed by atoms with Gasteiger partial charge in [0.05, 0.1) is 17.1 Å². The Morgan fingerprint density at radius 1 is 0.919 bits per heavy atom. The first kappa shape index (κ1) is 23.2. The van der Waals surface area contributed by atoms with Gasteiger partial charge >= 0.3 is 5.63 Å². The largest absolute Gasteiger partial charge is 0.471 e. The van der Waals surface area contributed by atoms with Crippen LogP contribution in [-0.2, 0) is 13.0 Å². The number of hydrogen-bond donors (Lipinski definition) is 0. The molecule has 1 aliphatic rings. The molecule has 5 nitrogen and oxygen atoms in total. The highest BCUT2D eigenvalue weighted by atomic mass is 35.5. The molecule has 1 aliphatic heterocycles. The van der Waals surface area contributed by atoms with Crippen molar-refractivity contribution in [2.24, 2.45) is 0 Å². The molecule has 2 heterocycles. The normalized spacial score (nSPS) is 12.8. The number of anilines is 1. The first-order valence-corrected chi connectivity index (χ1v) is 12.5. The van der Waals surface area contributed by atoms with Gasteiger partial charge in [-0.25, -0.2) is 4.79 Å². The van der Waals surface area contributed by atoms with Gasteiger partial charge in [-0.2, -0.15) is 0 Å². The van der Waals surface area contributed by atoms with Gasteiger partial charge in [0.25, 0.3) is 0 Å². The third kappa shape index (κ3) is 4.54. The zero-order chi connectivity index (χ0) is 25.4. The number of ether oxygens (including phenoxy) is 2. The summed E-state index contributed by atoms with van der Waals surface area (Å²) in [6.45, 7) is 2.77. The van der Waals surface area contributed by atoms with Crippen LogP contribution in [0.5, 0.6) is 17.2 Å². The van der Waals surface area contributed by atoms with E-state index >= 15 is 0 Å². The number of benzene rings is 4. The number of para-hydroxylation sites is 1. The van der Waals surface area contributed by atoms with Gasteiger partial charge in [0, 0.05) is 23.1 Å². The molecule has 0 spiro atoms. The van der Waals surface area contributed by atoms with Crippen molar-refractivity contribution in [2.75, 3.05) is 11.6 Å². The molecule has 0 saturated carbocycles.